The Bertz CT molecular complexity index is 483. The number of methoxy groups -OCH3 is 1. The van der Waals surface area contributed by atoms with Gasteiger partial charge in [-0.2, -0.15) is 0 Å². The first-order valence-corrected chi connectivity index (χ1v) is 5.74. The Morgan fingerprint density at radius 2 is 2.00 bits per heavy atom. The number of hydrogen-bond donors (Lipinski definition) is 1. The van der Waals surface area contributed by atoms with Crippen LogP contribution in [-0.2, 0) is 14.3 Å². The Hall–Kier alpha value is -1.91. The first-order valence-electron chi connectivity index (χ1n) is 5.74. The van der Waals surface area contributed by atoms with Gasteiger partial charge in [-0.1, -0.05) is 18.6 Å². The van der Waals surface area contributed by atoms with Gasteiger partial charge in [0.1, 0.15) is 11.2 Å². The van der Waals surface area contributed by atoms with E-state index < -0.39 is 23.1 Å². The molecule has 2 rings (SSSR count). The highest BCUT2D eigenvalue weighted by molar-refractivity contribution is 6.09. The van der Waals surface area contributed by atoms with Gasteiger partial charge < -0.3 is 10.1 Å². The summed E-state index contributed by atoms with van der Waals surface area (Å²) in [5.41, 5.74) is -1.06. The zero-order valence-electron chi connectivity index (χ0n) is 10.0. The lowest BCUT2D eigenvalue weighted by Crippen LogP contribution is -2.49. The van der Waals surface area contributed by atoms with Crippen molar-refractivity contribution in [3.8, 4) is 0 Å². The molecule has 0 radical (unpaired) electrons. The molecule has 1 saturated carbocycles. The summed E-state index contributed by atoms with van der Waals surface area (Å²) in [7, 11) is 1.25. The van der Waals surface area contributed by atoms with E-state index in [1.165, 1.54) is 25.3 Å². The van der Waals surface area contributed by atoms with Gasteiger partial charge in [0, 0.05) is 0 Å². The Morgan fingerprint density at radius 3 is 2.50 bits per heavy atom. The highest BCUT2D eigenvalue weighted by atomic mass is 19.1. The molecule has 0 bridgehead atoms. The Balaban J connectivity index is 2.17. The molecule has 0 atom stereocenters. The summed E-state index contributed by atoms with van der Waals surface area (Å²) < 4.78 is 18.1. The lowest BCUT2D eigenvalue weighted by Gasteiger charge is -2.36. The van der Waals surface area contributed by atoms with Crippen LogP contribution in [0.3, 0.4) is 0 Å². The fraction of sp³-hybridized carbons (Fsp3) is 0.385. The average Bonchev–Trinajstić information content (AvgIpc) is 2.30. The number of nitrogens with one attached hydrogen (secondary N) is 1. The minimum atomic E-state index is -1.14. The largest absolute Gasteiger partial charge is 0.468 e. The highest BCUT2D eigenvalue weighted by Crippen LogP contribution is 2.43. The zero-order valence-corrected chi connectivity index (χ0v) is 10.0. The van der Waals surface area contributed by atoms with Crippen LogP contribution < -0.4 is 5.32 Å². The van der Waals surface area contributed by atoms with Crippen molar-refractivity contribution in [2.75, 3.05) is 12.4 Å². The van der Waals surface area contributed by atoms with Crippen LogP contribution >= 0.6 is 0 Å². The van der Waals surface area contributed by atoms with E-state index in [1.807, 2.05) is 0 Å². The highest BCUT2D eigenvalue weighted by Gasteiger charge is 2.52. The molecule has 1 aliphatic rings. The van der Waals surface area contributed by atoms with Gasteiger partial charge in [0.05, 0.1) is 12.8 Å². The van der Waals surface area contributed by atoms with E-state index in [4.69, 9.17) is 0 Å². The van der Waals surface area contributed by atoms with Crippen molar-refractivity contribution in [1.29, 1.82) is 0 Å². The van der Waals surface area contributed by atoms with Crippen LogP contribution in [0.25, 0.3) is 0 Å². The van der Waals surface area contributed by atoms with Crippen LogP contribution in [0.4, 0.5) is 10.1 Å². The summed E-state index contributed by atoms with van der Waals surface area (Å²) in [4.78, 5) is 23.7. The quantitative estimate of drug-likeness (QED) is 0.661. The third kappa shape index (κ3) is 1.96. The molecular formula is C13H14FNO3. The van der Waals surface area contributed by atoms with Crippen molar-refractivity contribution in [2.45, 2.75) is 19.3 Å². The Kier molecular flexibility index (Phi) is 3.32. The lowest BCUT2D eigenvalue weighted by atomic mass is 9.68. The summed E-state index contributed by atoms with van der Waals surface area (Å²) in [6.45, 7) is 0. The van der Waals surface area contributed by atoms with Crippen LogP contribution in [0.2, 0.25) is 0 Å². The second kappa shape index (κ2) is 4.76. The minimum absolute atomic E-state index is 0.0812. The van der Waals surface area contributed by atoms with Gasteiger partial charge in [-0.15, -0.1) is 0 Å². The molecule has 1 fully saturated rings. The summed E-state index contributed by atoms with van der Waals surface area (Å²) in [6, 6.07) is 5.85. The maximum Gasteiger partial charge on any atom is 0.321 e. The first-order chi connectivity index (χ1) is 8.60. The van der Waals surface area contributed by atoms with Crippen molar-refractivity contribution in [2.24, 2.45) is 5.41 Å². The third-order valence-corrected chi connectivity index (χ3v) is 3.34. The molecule has 0 spiro atoms. The summed E-state index contributed by atoms with van der Waals surface area (Å²) in [5, 5.41) is 2.45. The number of anilines is 1. The summed E-state index contributed by atoms with van der Waals surface area (Å²) in [6.07, 6.45) is 1.68. The minimum Gasteiger partial charge on any atom is -0.468 e. The van der Waals surface area contributed by atoms with Crippen LogP contribution in [0, 0.1) is 11.2 Å². The van der Waals surface area contributed by atoms with Crippen molar-refractivity contribution in [3.63, 3.8) is 0 Å². The van der Waals surface area contributed by atoms with Crippen molar-refractivity contribution in [1.82, 2.24) is 0 Å². The molecule has 0 heterocycles. The van der Waals surface area contributed by atoms with Gasteiger partial charge >= 0.3 is 5.97 Å². The van der Waals surface area contributed by atoms with Crippen molar-refractivity contribution in [3.05, 3.63) is 30.1 Å². The third-order valence-electron chi connectivity index (χ3n) is 3.34. The molecule has 1 aromatic carbocycles. The molecule has 4 nitrogen and oxygen atoms in total. The van der Waals surface area contributed by atoms with Gasteiger partial charge in [-0.25, -0.2) is 4.39 Å². The number of ether oxygens (including phenoxy) is 1. The van der Waals surface area contributed by atoms with E-state index in [0.29, 0.717) is 12.8 Å². The number of hydrogen-bond acceptors (Lipinski definition) is 3. The van der Waals surface area contributed by atoms with Gasteiger partial charge in [-0.05, 0) is 25.0 Å². The lowest BCUT2D eigenvalue weighted by molar-refractivity contribution is -0.163. The van der Waals surface area contributed by atoms with Crippen LogP contribution in [0.5, 0.6) is 0 Å². The molecule has 0 unspecified atom stereocenters. The fourth-order valence-corrected chi connectivity index (χ4v) is 2.05. The van der Waals surface area contributed by atoms with Crippen LogP contribution in [-0.4, -0.2) is 19.0 Å². The number of benzene rings is 1. The SMILES string of the molecule is COC(=O)C1(C(=O)Nc2ccccc2F)CCC1. The normalized spacial score (nSPS) is 16.6. The Morgan fingerprint density at radius 1 is 1.33 bits per heavy atom. The van der Waals surface area contributed by atoms with Gasteiger partial charge in [0.25, 0.3) is 0 Å². The topological polar surface area (TPSA) is 55.4 Å². The van der Waals surface area contributed by atoms with E-state index in [0.717, 1.165) is 6.42 Å². The number of halogens is 1. The molecule has 5 heteroatoms. The molecule has 96 valence electrons. The van der Waals surface area contributed by atoms with Crippen molar-refractivity contribution < 1.29 is 18.7 Å². The maximum atomic E-state index is 13.4. The van der Waals surface area contributed by atoms with E-state index in [-0.39, 0.29) is 5.69 Å². The number of esters is 1. The van der Waals surface area contributed by atoms with Crippen LogP contribution in [0.15, 0.2) is 24.3 Å². The average molecular weight is 251 g/mol. The molecule has 1 amide bonds. The number of amides is 1. The molecule has 1 aromatic rings. The first kappa shape index (κ1) is 12.5. The number of para-hydroxylation sites is 1. The second-order valence-electron chi connectivity index (χ2n) is 4.36. The van der Waals surface area contributed by atoms with Gasteiger partial charge in [0.15, 0.2) is 0 Å². The fourth-order valence-electron chi connectivity index (χ4n) is 2.05. The molecule has 1 N–H and O–H groups in total. The van der Waals surface area contributed by atoms with Crippen LogP contribution in [0.1, 0.15) is 19.3 Å². The number of rotatable bonds is 3. The van der Waals surface area contributed by atoms with E-state index in [1.54, 1.807) is 6.07 Å². The molecule has 1 aliphatic carbocycles. The summed E-state index contributed by atoms with van der Waals surface area (Å²) >= 11 is 0. The van der Waals surface area contributed by atoms with Gasteiger partial charge in [0.2, 0.25) is 5.91 Å². The molecule has 0 aliphatic heterocycles. The molecule has 0 saturated heterocycles. The predicted octanol–water partition coefficient (Wildman–Crippen LogP) is 2.11. The zero-order chi connectivity index (χ0) is 13.2. The summed E-state index contributed by atoms with van der Waals surface area (Å²) in [5.74, 6) is -1.57. The monoisotopic (exact) mass is 251 g/mol. The molecule has 18 heavy (non-hydrogen) atoms. The van der Waals surface area contributed by atoms with Gasteiger partial charge in [-0.3, -0.25) is 9.59 Å². The number of carbonyl (C=O) groups excluding carboxylic acids is 2. The maximum absolute atomic E-state index is 13.4. The van der Waals surface area contributed by atoms with Crippen molar-refractivity contribution >= 4 is 17.6 Å². The molecule has 0 aromatic heterocycles. The van der Waals surface area contributed by atoms with E-state index >= 15 is 0 Å². The van der Waals surface area contributed by atoms with E-state index in [9.17, 15) is 14.0 Å². The predicted molar refractivity (Wildman–Crippen MR) is 63.3 cm³/mol. The van der Waals surface area contributed by atoms with E-state index in [2.05, 4.69) is 10.1 Å². The smallest absolute Gasteiger partial charge is 0.321 e. The molecular weight excluding hydrogens is 237 g/mol. The second-order valence-corrected chi connectivity index (χ2v) is 4.36. The standard InChI is InChI=1S/C13H14FNO3/c1-18-12(17)13(7-4-8-13)11(16)15-10-6-3-2-5-9(10)14/h2-3,5-6H,4,7-8H2,1H3,(H,15,16). The Labute approximate surface area is 104 Å². The number of carbonyl (C=O) groups is 2.